The third-order valence-corrected chi connectivity index (χ3v) is 2.09. The number of rotatable bonds is 5. The highest BCUT2D eigenvalue weighted by molar-refractivity contribution is 6.32. The summed E-state index contributed by atoms with van der Waals surface area (Å²) >= 11 is 5.75. The van der Waals surface area contributed by atoms with Crippen molar-refractivity contribution >= 4 is 23.1 Å². The van der Waals surface area contributed by atoms with E-state index in [-0.39, 0.29) is 11.2 Å². The molecule has 0 aliphatic heterocycles. The predicted molar refractivity (Wildman–Crippen MR) is 61.0 cm³/mol. The lowest BCUT2D eigenvalue weighted by Crippen LogP contribution is -2.23. The van der Waals surface area contributed by atoms with E-state index in [0.717, 1.165) is 0 Å². The van der Waals surface area contributed by atoms with Gasteiger partial charge in [-0.1, -0.05) is 11.6 Å². The quantitative estimate of drug-likeness (QED) is 0.751. The molecule has 0 saturated carbocycles. The van der Waals surface area contributed by atoms with Crippen LogP contribution in [0, 0.1) is 0 Å². The zero-order valence-corrected chi connectivity index (χ0v) is 9.58. The highest BCUT2D eigenvalue weighted by atomic mass is 35.5. The van der Waals surface area contributed by atoms with E-state index in [1.54, 1.807) is 0 Å². The van der Waals surface area contributed by atoms with Crippen LogP contribution in [0.2, 0.25) is 5.15 Å². The molecule has 6 heteroatoms. The summed E-state index contributed by atoms with van der Waals surface area (Å²) in [5, 5.41) is 3.36. The number of hydrogen-bond acceptors (Lipinski definition) is 5. The van der Waals surface area contributed by atoms with Crippen molar-refractivity contribution in [2.75, 3.05) is 24.3 Å². The highest BCUT2D eigenvalue weighted by Gasteiger charge is 2.08. The number of anilines is 2. The monoisotopic (exact) mass is 230 g/mol. The summed E-state index contributed by atoms with van der Waals surface area (Å²) in [6, 6.07) is 0.123. The number of nitrogens with zero attached hydrogens (tertiary/aromatic N) is 2. The molecule has 1 heterocycles. The molecule has 3 N–H and O–H groups in total. The van der Waals surface area contributed by atoms with Gasteiger partial charge in [-0.2, -0.15) is 0 Å². The zero-order chi connectivity index (χ0) is 11.3. The lowest BCUT2D eigenvalue weighted by Gasteiger charge is -2.15. The molecule has 0 spiro atoms. The van der Waals surface area contributed by atoms with E-state index in [2.05, 4.69) is 15.3 Å². The van der Waals surface area contributed by atoms with E-state index in [9.17, 15) is 0 Å². The van der Waals surface area contributed by atoms with Gasteiger partial charge in [-0.25, -0.2) is 9.97 Å². The van der Waals surface area contributed by atoms with E-state index in [0.29, 0.717) is 24.7 Å². The molecule has 84 valence electrons. The first-order chi connectivity index (χ1) is 7.15. The Hall–Kier alpha value is -1.07. The molecular weight excluding hydrogens is 216 g/mol. The number of hydrogen-bond donors (Lipinski definition) is 2. The van der Waals surface area contributed by atoms with Gasteiger partial charge in [0.2, 0.25) is 0 Å². The Bertz CT molecular complexity index is 321. The number of nitrogen functional groups attached to an aromatic ring is 1. The van der Waals surface area contributed by atoms with Crippen molar-refractivity contribution in [2.24, 2.45) is 0 Å². The summed E-state index contributed by atoms with van der Waals surface area (Å²) in [6.45, 7) is 5.21. The van der Waals surface area contributed by atoms with Crippen molar-refractivity contribution in [2.45, 2.75) is 19.9 Å². The molecule has 0 amide bonds. The Balaban J connectivity index is 2.60. The van der Waals surface area contributed by atoms with Gasteiger partial charge in [0.1, 0.15) is 12.0 Å². The minimum absolute atomic E-state index is 0.123. The molecule has 1 atom stereocenters. The van der Waals surface area contributed by atoms with Gasteiger partial charge in [-0.15, -0.1) is 0 Å². The fourth-order valence-corrected chi connectivity index (χ4v) is 1.19. The van der Waals surface area contributed by atoms with Crippen LogP contribution < -0.4 is 11.1 Å². The van der Waals surface area contributed by atoms with Crippen LogP contribution in [0.25, 0.3) is 0 Å². The summed E-state index contributed by atoms with van der Waals surface area (Å²) in [4.78, 5) is 7.77. The molecule has 0 fully saturated rings. The van der Waals surface area contributed by atoms with Crippen LogP contribution >= 0.6 is 11.6 Å². The van der Waals surface area contributed by atoms with Crippen LogP contribution in [-0.2, 0) is 4.74 Å². The molecule has 0 aromatic carbocycles. The van der Waals surface area contributed by atoms with Crippen LogP contribution in [0.4, 0.5) is 11.5 Å². The Morgan fingerprint density at radius 3 is 3.00 bits per heavy atom. The maximum absolute atomic E-state index is 5.75. The van der Waals surface area contributed by atoms with Gasteiger partial charge >= 0.3 is 0 Å². The topological polar surface area (TPSA) is 73.1 Å². The second-order valence-electron chi connectivity index (χ2n) is 3.13. The lowest BCUT2D eigenvalue weighted by atomic mass is 10.3. The molecule has 1 unspecified atom stereocenters. The van der Waals surface area contributed by atoms with Crippen LogP contribution in [-0.4, -0.2) is 29.2 Å². The second kappa shape index (κ2) is 5.72. The van der Waals surface area contributed by atoms with Gasteiger partial charge in [-0.3, -0.25) is 0 Å². The number of nitrogens with one attached hydrogen (secondary N) is 1. The Morgan fingerprint density at radius 2 is 2.33 bits per heavy atom. The summed E-state index contributed by atoms with van der Waals surface area (Å²) in [6.07, 6.45) is 1.37. The molecule has 1 rings (SSSR count). The van der Waals surface area contributed by atoms with Gasteiger partial charge < -0.3 is 15.8 Å². The van der Waals surface area contributed by atoms with Crippen molar-refractivity contribution in [3.8, 4) is 0 Å². The van der Waals surface area contributed by atoms with Crippen molar-refractivity contribution in [3.63, 3.8) is 0 Å². The first-order valence-electron chi connectivity index (χ1n) is 4.75. The van der Waals surface area contributed by atoms with Crippen molar-refractivity contribution in [1.82, 2.24) is 9.97 Å². The van der Waals surface area contributed by atoms with Crippen molar-refractivity contribution < 1.29 is 4.74 Å². The first kappa shape index (κ1) is 12.0. The summed E-state index contributed by atoms with van der Waals surface area (Å²) in [7, 11) is 0. The third kappa shape index (κ3) is 3.53. The average molecular weight is 231 g/mol. The standard InChI is InChI=1S/C9H15ClN4O/c1-3-15-4-6(2)14-9-7(11)8(10)12-5-13-9/h5-6H,3-4,11H2,1-2H3,(H,12,13,14). The number of ether oxygens (including phenoxy) is 1. The molecular formula is C9H15ClN4O. The number of nitrogens with two attached hydrogens (primary N) is 1. The van der Waals surface area contributed by atoms with Crippen LogP contribution in [0.3, 0.4) is 0 Å². The van der Waals surface area contributed by atoms with Crippen molar-refractivity contribution in [3.05, 3.63) is 11.5 Å². The minimum atomic E-state index is 0.123. The fourth-order valence-electron chi connectivity index (χ4n) is 1.06. The zero-order valence-electron chi connectivity index (χ0n) is 8.83. The van der Waals surface area contributed by atoms with E-state index in [1.165, 1.54) is 6.33 Å². The first-order valence-corrected chi connectivity index (χ1v) is 5.13. The van der Waals surface area contributed by atoms with E-state index >= 15 is 0 Å². The van der Waals surface area contributed by atoms with E-state index < -0.39 is 0 Å². The number of halogens is 1. The molecule has 0 radical (unpaired) electrons. The molecule has 0 aliphatic rings. The molecule has 1 aromatic heterocycles. The molecule has 1 aromatic rings. The normalized spacial score (nSPS) is 12.5. The summed E-state index contributed by atoms with van der Waals surface area (Å²) in [5.74, 6) is 0.544. The molecule has 0 bridgehead atoms. The van der Waals surface area contributed by atoms with Crippen LogP contribution in [0.15, 0.2) is 6.33 Å². The molecule has 0 aliphatic carbocycles. The average Bonchev–Trinajstić information content (AvgIpc) is 2.22. The largest absolute Gasteiger partial charge is 0.393 e. The fraction of sp³-hybridized carbons (Fsp3) is 0.556. The number of aromatic nitrogens is 2. The predicted octanol–water partition coefficient (Wildman–Crippen LogP) is 1.55. The second-order valence-corrected chi connectivity index (χ2v) is 3.49. The van der Waals surface area contributed by atoms with Crippen LogP contribution in [0.1, 0.15) is 13.8 Å². The lowest BCUT2D eigenvalue weighted by molar-refractivity contribution is 0.141. The maximum Gasteiger partial charge on any atom is 0.157 e. The van der Waals surface area contributed by atoms with Gasteiger partial charge in [-0.05, 0) is 13.8 Å². The molecule has 15 heavy (non-hydrogen) atoms. The Labute approximate surface area is 94.0 Å². The Kier molecular flexibility index (Phi) is 4.58. The van der Waals surface area contributed by atoms with Crippen LogP contribution in [0.5, 0.6) is 0 Å². The smallest absolute Gasteiger partial charge is 0.157 e. The van der Waals surface area contributed by atoms with Gasteiger partial charge in [0, 0.05) is 12.6 Å². The van der Waals surface area contributed by atoms with E-state index in [4.69, 9.17) is 22.1 Å². The van der Waals surface area contributed by atoms with Crippen molar-refractivity contribution in [1.29, 1.82) is 0 Å². The van der Waals surface area contributed by atoms with Gasteiger partial charge in [0.25, 0.3) is 0 Å². The third-order valence-electron chi connectivity index (χ3n) is 1.79. The molecule has 0 saturated heterocycles. The minimum Gasteiger partial charge on any atom is -0.393 e. The highest BCUT2D eigenvalue weighted by Crippen LogP contribution is 2.22. The van der Waals surface area contributed by atoms with Gasteiger partial charge in [0.05, 0.1) is 6.61 Å². The Morgan fingerprint density at radius 1 is 1.60 bits per heavy atom. The molecule has 5 nitrogen and oxygen atoms in total. The summed E-state index contributed by atoms with van der Waals surface area (Å²) in [5.41, 5.74) is 6.06. The van der Waals surface area contributed by atoms with Gasteiger partial charge in [0.15, 0.2) is 11.0 Å². The maximum atomic E-state index is 5.75. The SMILES string of the molecule is CCOCC(C)Nc1ncnc(Cl)c1N. The van der Waals surface area contributed by atoms with E-state index in [1.807, 2.05) is 13.8 Å². The summed E-state index contributed by atoms with van der Waals surface area (Å²) < 4.78 is 5.26.